The van der Waals surface area contributed by atoms with Gasteiger partial charge in [0.05, 0.1) is 39.9 Å². The Morgan fingerprint density at radius 1 is 0.396 bits per heavy atom. The van der Waals surface area contributed by atoms with Crippen LogP contribution >= 0.6 is 7.82 Å². The van der Waals surface area contributed by atoms with Crippen LogP contribution in [0.1, 0.15) is 380 Å². The summed E-state index contributed by atoms with van der Waals surface area (Å²) in [5.41, 5.74) is 0. The van der Waals surface area contributed by atoms with Gasteiger partial charge in [0.2, 0.25) is 5.91 Å². The highest BCUT2D eigenvalue weighted by Crippen LogP contribution is 2.38. The zero-order valence-electron chi connectivity index (χ0n) is 61.0. The van der Waals surface area contributed by atoms with Gasteiger partial charge in [-0.1, -0.05) is 388 Å². The van der Waals surface area contributed by atoms with Gasteiger partial charge in [-0.25, -0.2) is 0 Å². The van der Waals surface area contributed by atoms with Crippen LogP contribution in [-0.4, -0.2) is 68.5 Å². The van der Waals surface area contributed by atoms with Crippen molar-refractivity contribution in [3.63, 3.8) is 0 Å². The van der Waals surface area contributed by atoms with Gasteiger partial charge in [0, 0.05) is 6.42 Å². The van der Waals surface area contributed by atoms with E-state index in [1.165, 1.54) is 283 Å². The predicted molar refractivity (Wildman–Crippen MR) is 399 cm³/mol. The zero-order valence-corrected chi connectivity index (χ0v) is 61.9. The number of likely N-dealkylation sites (N-methyl/N-ethyl adjacent to an activating group) is 1. The highest BCUT2D eigenvalue weighted by molar-refractivity contribution is 7.45. The van der Waals surface area contributed by atoms with Gasteiger partial charge in [0.25, 0.3) is 7.82 Å². The number of carbonyl (C=O) groups is 1. The second kappa shape index (κ2) is 72.0. The van der Waals surface area contributed by atoms with Crippen molar-refractivity contribution in [3.8, 4) is 0 Å². The van der Waals surface area contributed by atoms with Crippen LogP contribution in [0, 0.1) is 0 Å². The van der Waals surface area contributed by atoms with Crippen molar-refractivity contribution in [1.29, 1.82) is 0 Å². The Morgan fingerprint density at radius 2 is 0.670 bits per heavy atom. The number of quaternary nitrogens is 1. The van der Waals surface area contributed by atoms with Crippen LogP contribution in [0.5, 0.6) is 0 Å². The summed E-state index contributed by atoms with van der Waals surface area (Å²) in [7, 11) is 1.27. The van der Waals surface area contributed by atoms with E-state index in [0.29, 0.717) is 17.4 Å². The van der Waals surface area contributed by atoms with E-state index in [-0.39, 0.29) is 19.1 Å². The summed E-state index contributed by atoms with van der Waals surface area (Å²) in [6, 6.07) is -0.891. The maximum absolute atomic E-state index is 13.1. The second-order valence-corrected chi connectivity index (χ2v) is 29.5. The first-order valence-corrected chi connectivity index (χ1v) is 40.9. The van der Waals surface area contributed by atoms with E-state index in [9.17, 15) is 19.4 Å². The lowest BCUT2D eigenvalue weighted by atomic mass is 10.0. The number of allylic oxidation sites excluding steroid dienone is 13. The summed E-state index contributed by atoms with van der Waals surface area (Å²) in [5, 5.41) is 14.0. The molecule has 0 aliphatic rings. The molecular weight excluding hydrogens is 1140 g/mol. The highest BCUT2D eigenvalue weighted by Gasteiger charge is 2.23. The molecule has 0 aromatic carbocycles. The fourth-order valence-electron chi connectivity index (χ4n) is 11.8. The van der Waals surface area contributed by atoms with Gasteiger partial charge >= 0.3 is 0 Å². The summed E-state index contributed by atoms with van der Waals surface area (Å²) < 4.78 is 23.5. The standard InChI is InChI=1S/C82H153N2O6P/c1-6-8-10-12-14-16-18-20-22-24-26-28-30-32-34-36-38-40-41-42-43-44-46-48-50-52-54-56-58-60-62-64-66-68-70-72-74-76-82(86)83-80(79-90-91(87,88)89-78-77-84(3,4)5)81(85)75-73-71-69-67-65-63-61-59-57-55-53-51-49-47-45-39-37-35-33-31-29-27-25-23-21-19-17-15-13-11-9-7-2/h8,10,14,16,20,22,26,28,32,34,38,40,73,75,80-81,85H,6-7,9,11-13,15,17-19,21,23-25,27,29-31,33,35-37,39,41-72,74,76-79H2,1-5H3,(H-,83,86,87,88)/b10-8-,16-14-,22-20-,28-26-,34-32-,40-38-,75-73+. The molecular formula is C82H153N2O6P. The van der Waals surface area contributed by atoms with Gasteiger partial charge in [0.15, 0.2) is 0 Å². The number of aliphatic hydroxyl groups is 1. The zero-order chi connectivity index (χ0) is 66.2. The molecule has 0 spiro atoms. The van der Waals surface area contributed by atoms with Gasteiger partial charge in [-0.2, -0.15) is 0 Å². The van der Waals surface area contributed by atoms with E-state index in [4.69, 9.17) is 9.05 Å². The summed E-state index contributed by atoms with van der Waals surface area (Å²) in [5.74, 6) is -0.192. The minimum atomic E-state index is -4.61. The van der Waals surface area contributed by atoms with E-state index < -0.39 is 20.0 Å². The van der Waals surface area contributed by atoms with E-state index >= 15 is 0 Å². The minimum Gasteiger partial charge on any atom is -0.756 e. The number of aliphatic hydroxyl groups excluding tert-OH is 1. The van der Waals surface area contributed by atoms with Gasteiger partial charge in [-0.15, -0.1) is 0 Å². The molecule has 3 unspecified atom stereocenters. The van der Waals surface area contributed by atoms with Crippen molar-refractivity contribution < 1.29 is 32.9 Å². The van der Waals surface area contributed by atoms with Crippen molar-refractivity contribution >= 4 is 13.7 Å². The van der Waals surface area contributed by atoms with Gasteiger partial charge in [-0.3, -0.25) is 9.36 Å². The number of hydrogen-bond donors (Lipinski definition) is 2. The topological polar surface area (TPSA) is 108 Å². The molecule has 0 aromatic rings. The number of carbonyl (C=O) groups excluding carboxylic acids is 1. The maximum atomic E-state index is 13.1. The van der Waals surface area contributed by atoms with Crippen LogP contribution < -0.4 is 10.2 Å². The molecule has 0 saturated heterocycles. The lowest BCUT2D eigenvalue weighted by Gasteiger charge is -2.29. The van der Waals surface area contributed by atoms with Crippen molar-refractivity contribution in [2.45, 2.75) is 392 Å². The van der Waals surface area contributed by atoms with E-state index in [1.807, 2.05) is 27.2 Å². The third-order valence-corrected chi connectivity index (χ3v) is 18.8. The van der Waals surface area contributed by atoms with Crippen molar-refractivity contribution in [3.05, 3.63) is 85.1 Å². The van der Waals surface area contributed by atoms with Crippen molar-refractivity contribution in [2.24, 2.45) is 0 Å². The number of amides is 1. The van der Waals surface area contributed by atoms with Crippen LogP contribution in [0.4, 0.5) is 0 Å². The minimum absolute atomic E-state index is 0.00145. The largest absolute Gasteiger partial charge is 0.756 e. The second-order valence-electron chi connectivity index (χ2n) is 28.0. The van der Waals surface area contributed by atoms with Crippen LogP contribution in [0.25, 0.3) is 0 Å². The van der Waals surface area contributed by atoms with Crippen molar-refractivity contribution in [2.75, 3.05) is 40.9 Å². The Balaban J connectivity index is 3.99. The lowest BCUT2D eigenvalue weighted by Crippen LogP contribution is -2.45. The van der Waals surface area contributed by atoms with Crippen molar-refractivity contribution in [1.82, 2.24) is 5.32 Å². The predicted octanol–water partition coefficient (Wildman–Crippen LogP) is 25.2. The van der Waals surface area contributed by atoms with Gasteiger partial charge < -0.3 is 28.8 Å². The molecule has 1 amide bonds. The molecule has 0 heterocycles. The highest BCUT2D eigenvalue weighted by atomic mass is 31.2. The van der Waals surface area contributed by atoms with Crippen LogP contribution in [0.3, 0.4) is 0 Å². The van der Waals surface area contributed by atoms with Crippen LogP contribution in [0.15, 0.2) is 85.1 Å². The first kappa shape index (κ1) is 88.7. The molecule has 0 aromatic heterocycles. The third kappa shape index (κ3) is 74.9. The number of phosphoric ester groups is 1. The quantitative estimate of drug-likeness (QED) is 0.0272. The molecule has 0 rings (SSSR count). The number of nitrogens with zero attached hydrogens (tertiary/aromatic N) is 1. The molecule has 3 atom stereocenters. The number of nitrogens with one attached hydrogen (secondary N) is 1. The van der Waals surface area contributed by atoms with E-state index in [0.717, 1.165) is 77.0 Å². The Bertz CT molecular complexity index is 1760. The summed E-state index contributed by atoms with van der Waals surface area (Å²) in [4.78, 5) is 25.7. The summed E-state index contributed by atoms with van der Waals surface area (Å²) >= 11 is 0. The van der Waals surface area contributed by atoms with Crippen LogP contribution in [-0.2, 0) is 18.4 Å². The van der Waals surface area contributed by atoms with Gasteiger partial charge in [0.1, 0.15) is 13.2 Å². The maximum Gasteiger partial charge on any atom is 0.268 e. The van der Waals surface area contributed by atoms with Crippen LogP contribution in [0.2, 0.25) is 0 Å². The fourth-order valence-corrected chi connectivity index (χ4v) is 12.5. The molecule has 0 radical (unpaired) electrons. The van der Waals surface area contributed by atoms with E-state index in [2.05, 4.69) is 92.1 Å². The Labute approximate surface area is 567 Å². The molecule has 0 fully saturated rings. The molecule has 0 aliphatic heterocycles. The number of unbranched alkanes of at least 4 members (excludes halogenated alkanes) is 48. The number of rotatable bonds is 73. The molecule has 0 bridgehead atoms. The molecule has 9 heteroatoms. The third-order valence-electron chi connectivity index (χ3n) is 17.9. The first-order valence-electron chi connectivity index (χ1n) is 39.4. The monoisotopic (exact) mass is 1290 g/mol. The molecule has 91 heavy (non-hydrogen) atoms. The lowest BCUT2D eigenvalue weighted by molar-refractivity contribution is -0.870. The average Bonchev–Trinajstić information content (AvgIpc) is 3.42. The average molecular weight is 1290 g/mol. The number of phosphoric acid groups is 1. The Morgan fingerprint density at radius 3 is 0.978 bits per heavy atom. The fraction of sp³-hybridized carbons (Fsp3) is 0.817. The molecule has 2 N–H and O–H groups in total. The molecule has 0 saturated carbocycles. The summed E-state index contributed by atoms with van der Waals surface area (Å²) in [6.07, 6.45) is 103. The Hall–Kier alpha value is -2.32. The van der Waals surface area contributed by atoms with E-state index in [1.54, 1.807) is 6.08 Å². The Kier molecular flexibility index (Phi) is 70.1. The number of hydrogen-bond acceptors (Lipinski definition) is 6. The molecule has 0 aliphatic carbocycles. The summed E-state index contributed by atoms with van der Waals surface area (Å²) in [6.45, 7) is 4.59. The van der Waals surface area contributed by atoms with Gasteiger partial charge in [-0.05, 0) is 70.6 Å². The first-order chi connectivity index (χ1) is 44.5. The molecule has 532 valence electrons. The molecule has 8 nitrogen and oxygen atoms in total. The smallest absolute Gasteiger partial charge is 0.268 e. The SMILES string of the molecule is CC/C=C\C/C=C\C/C=C\C/C=C\C/C=C\C/C=C\CCCCCCCCCCCCCCCCCCCCC(=O)NC(COP(=O)([O-])OCC[N+](C)(C)C)C(O)/C=C/CCCCCCCCCCCCCCCCCCCCCCCCCCCCCCCC. The normalized spacial score (nSPS) is 14.0.